The lowest BCUT2D eigenvalue weighted by atomic mass is 9.98. The minimum Gasteiger partial charge on any atom is -0.497 e. The lowest BCUT2D eigenvalue weighted by molar-refractivity contribution is -0.142. The van der Waals surface area contributed by atoms with Gasteiger partial charge in [-0.2, -0.15) is 0 Å². The lowest BCUT2D eigenvalue weighted by Gasteiger charge is -2.41. The maximum absolute atomic E-state index is 12.5. The molecule has 3 rings (SSSR count). The SMILES string of the molecule is COc1ccc2cc(CN3CCN(C)C(=O)[C@@H]3C(C)C)c(=O)[nH]c2c1. The number of H-pyrrole nitrogens is 1. The van der Waals surface area contributed by atoms with E-state index in [1.807, 2.05) is 45.2 Å². The van der Waals surface area contributed by atoms with Crippen molar-refractivity contribution in [3.8, 4) is 5.75 Å². The third-order valence-electron chi connectivity index (χ3n) is 4.88. The molecule has 0 saturated carbocycles. The third kappa shape index (κ3) is 3.39. The van der Waals surface area contributed by atoms with Crippen LogP contribution in [0.25, 0.3) is 10.9 Å². The Morgan fingerprint density at radius 3 is 2.68 bits per heavy atom. The van der Waals surface area contributed by atoms with E-state index in [1.54, 1.807) is 12.0 Å². The van der Waals surface area contributed by atoms with Crippen LogP contribution in [0.1, 0.15) is 19.4 Å². The highest BCUT2D eigenvalue weighted by Crippen LogP contribution is 2.22. The number of hydrogen-bond acceptors (Lipinski definition) is 4. The molecule has 0 bridgehead atoms. The number of carbonyl (C=O) groups excluding carboxylic acids is 1. The monoisotopic (exact) mass is 343 g/mol. The smallest absolute Gasteiger partial charge is 0.252 e. The van der Waals surface area contributed by atoms with Crippen molar-refractivity contribution >= 4 is 16.8 Å². The molecule has 2 aromatic rings. The number of piperazine rings is 1. The molecular formula is C19H25N3O3. The zero-order valence-electron chi connectivity index (χ0n) is 15.2. The number of amides is 1. The Balaban J connectivity index is 1.92. The van der Waals surface area contributed by atoms with Gasteiger partial charge in [0.2, 0.25) is 5.91 Å². The molecule has 1 aliphatic rings. The van der Waals surface area contributed by atoms with E-state index in [0.717, 1.165) is 17.4 Å². The fraction of sp³-hybridized carbons (Fsp3) is 0.474. The van der Waals surface area contributed by atoms with Gasteiger partial charge >= 0.3 is 0 Å². The second-order valence-corrected chi connectivity index (χ2v) is 7.00. The predicted molar refractivity (Wildman–Crippen MR) is 97.8 cm³/mol. The molecule has 6 nitrogen and oxygen atoms in total. The highest BCUT2D eigenvalue weighted by Gasteiger charge is 2.35. The Hall–Kier alpha value is -2.34. The van der Waals surface area contributed by atoms with Gasteiger partial charge in [0, 0.05) is 38.3 Å². The fourth-order valence-corrected chi connectivity index (χ4v) is 3.48. The number of benzene rings is 1. The van der Waals surface area contributed by atoms with Gasteiger partial charge < -0.3 is 14.6 Å². The van der Waals surface area contributed by atoms with E-state index in [-0.39, 0.29) is 23.4 Å². The maximum atomic E-state index is 12.5. The van der Waals surface area contributed by atoms with Crippen molar-refractivity contribution in [3.63, 3.8) is 0 Å². The van der Waals surface area contributed by atoms with Crippen LogP contribution in [0.5, 0.6) is 5.75 Å². The molecule has 1 N–H and O–H groups in total. The Labute approximate surface area is 147 Å². The maximum Gasteiger partial charge on any atom is 0.252 e. The molecule has 0 radical (unpaired) electrons. The molecule has 1 atom stereocenters. The molecule has 1 amide bonds. The minimum absolute atomic E-state index is 0.116. The number of methoxy groups -OCH3 is 1. The van der Waals surface area contributed by atoms with Gasteiger partial charge in [0.05, 0.1) is 18.7 Å². The van der Waals surface area contributed by atoms with Gasteiger partial charge in [-0.05, 0) is 29.5 Å². The van der Waals surface area contributed by atoms with Crippen molar-refractivity contribution in [1.82, 2.24) is 14.8 Å². The number of pyridine rings is 1. The quantitative estimate of drug-likeness (QED) is 0.920. The molecule has 1 fully saturated rings. The summed E-state index contributed by atoms with van der Waals surface area (Å²) in [6, 6.07) is 7.35. The van der Waals surface area contributed by atoms with Gasteiger partial charge in [-0.15, -0.1) is 0 Å². The summed E-state index contributed by atoms with van der Waals surface area (Å²) in [7, 11) is 3.44. The minimum atomic E-state index is -0.190. The summed E-state index contributed by atoms with van der Waals surface area (Å²) in [6.07, 6.45) is 0. The van der Waals surface area contributed by atoms with Crippen LogP contribution >= 0.6 is 0 Å². The molecule has 0 spiro atoms. The fourth-order valence-electron chi connectivity index (χ4n) is 3.48. The second-order valence-electron chi connectivity index (χ2n) is 7.00. The highest BCUT2D eigenvalue weighted by molar-refractivity contribution is 5.83. The van der Waals surface area contributed by atoms with Gasteiger partial charge in [-0.3, -0.25) is 14.5 Å². The summed E-state index contributed by atoms with van der Waals surface area (Å²) in [5.74, 6) is 1.03. The number of ether oxygens (including phenoxy) is 1. The Morgan fingerprint density at radius 2 is 2.00 bits per heavy atom. The van der Waals surface area contributed by atoms with E-state index in [9.17, 15) is 9.59 Å². The van der Waals surface area contributed by atoms with E-state index in [1.165, 1.54) is 0 Å². The van der Waals surface area contributed by atoms with Crippen LogP contribution < -0.4 is 10.3 Å². The third-order valence-corrected chi connectivity index (χ3v) is 4.88. The van der Waals surface area contributed by atoms with Crippen molar-refractivity contribution in [1.29, 1.82) is 0 Å². The number of aromatic nitrogens is 1. The predicted octanol–water partition coefficient (Wildman–Crippen LogP) is 1.84. The molecule has 1 saturated heterocycles. The van der Waals surface area contributed by atoms with Crippen molar-refractivity contribution in [2.45, 2.75) is 26.4 Å². The molecule has 0 aliphatic carbocycles. The van der Waals surface area contributed by atoms with Crippen LogP contribution in [-0.4, -0.2) is 54.0 Å². The average molecular weight is 343 g/mol. The molecule has 1 aliphatic heterocycles. The summed E-state index contributed by atoms with van der Waals surface area (Å²) < 4.78 is 5.20. The van der Waals surface area contributed by atoms with Crippen molar-refractivity contribution in [3.05, 3.63) is 40.2 Å². The Bertz CT molecular complexity index is 843. The van der Waals surface area contributed by atoms with Gasteiger partial charge in [0.25, 0.3) is 5.56 Å². The van der Waals surface area contributed by atoms with Crippen molar-refractivity contribution in [2.24, 2.45) is 5.92 Å². The van der Waals surface area contributed by atoms with Crippen molar-refractivity contribution < 1.29 is 9.53 Å². The van der Waals surface area contributed by atoms with Crippen LogP contribution in [-0.2, 0) is 11.3 Å². The molecule has 1 aromatic carbocycles. The second kappa shape index (κ2) is 6.88. The number of nitrogens with zero attached hydrogens (tertiary/aromatic N) is 2. The van der Waals surface area contributed by atoms with Crippen LogP contribution in [0, 0.1) is 5.92 Å². The number of hydrogen-bond donors (Lipinski definition) is 1. The Morgan fingerprint density at radius 1 is 1.24 bits per heavy atom. The van der Waals surface area contributed by atoms with E-state index >= 15 is 0 Å². The number of fused-ring (bicyclic) bond motifs is 1. The zero-order chi connectivity index (χ0) is 18.1. The zero-order valence-corrected chi connectivity index (χ0v) is 15.2. The molecule has 6 heteroatoms. The van der Waals surface area contributed by atoms with Gasteiger partial charge in [0.15, 0.2) is 0 Å². The number of aromatic amines is 1. The van der Waals surface area contributed by atoms with Gasteiger partial charge in [-0.1, -0.05) is 13.8 Å². The first-order valence-corrected chi connectivity index (χ1v) is 8.59. The largest absolute Gasteiger partial charge is 0.497 e. The first-order chi connectivity index (χ1) is 11.9. The van der Waals surface area contributed by atoms with Crippen LogP contribution in [0.4, 0.5) is 0 Å². The molecular weight excluding hydrogens is 318 g/mol. The topological polar surface area (TPSA) is 65.6 Å². The molecule has 0 unspecified atom stereocenters. The van der Waals surface area contributed by atoms with Crippen LogP contribution in [0.3, 0.4) is 0 Å². The summed E-state index contributed by atoms with van der Waals surface area (Å²) in [5.41, 5.74) is 1.32. The Kier molecular flexibility index (Phi) is 4.81. The summed E-state index contributed by atoms with van der Waals surface area (Å²) >= 11 is 0. The van der Waals surface area contributed by atoms with E-state index in [0.29, 0.717) is 24.4 Å². The van der Waals surface area contributed by atoms with Crippen LogP contribution in [0.15, 0.2) is 29.1 Å². The number of carbonyl (C=O) groups is 1. The summed E-state index contributed by atoms with van der Waals surface area (Å²) in [6.45, 7) is 6.02. The van der Waals surface area contributed by atoms with Crippen molar-refractivity contribution in [2.75, 3.05) is 27.2 Å². The van der Waals surface area contributed by atoms with E-state index < -0.39 is 0 Å². The lowest BCUT2D eigenvalue weighted by Crippen LogP contribution is -2.57. The number of rotatable bonds is 4. The first-order valence-electron chi connectivity index (χ1n) is 8.59. The normalized spacial score (nSPS) is 19.0. The molecule has 2 heterocycles. The molecule has 1 aromatic heterocycles. The van der Waals surface area contributed by atoms with E-state index in [4.69, 9.17) is 4.74 Å². The average Bonchev–Trinajstić information content (AvgIpc) is 2.58. The first kappa shape index (κ1) is 17.5. The number of nitrogens with one attached hydrogen (secondary N) is 1. The highest BCUT2D eigenvalue weighted by atomic mass is 16.5. The van der Waals surface area contributed by atoms with Crippen LogP contribution in [0.2, 0.25) is 0 Å². The number of likely N-dealkylation sites (N-methyl/N-ethyl adjacent to an activating group) is 1. The van der Waals surface area contributed by atoms with E-state index in [2.05, 4.69) is 9.88 Å². The summed E-state index contributed by atoms with van der Waals surface area (Å²) in [5, 5.41) is 0.956. The standard InChI is InChI=1S/C19H25N3O3/c1-12(2)17-19(24)21(3)7-8-22(17)11-14-9-13-5-6-15(25-4)10-16(13)20-18(14)23/h5-6,9-10,12,17H,7-8,11H2,1-4H3,(H,20,23)/t17-/m0/s1. The van der Waals surface area contributed by atoms with Gasteiger partial charge in [0.1, 0.15) is 5.75 Å². The summed E-state index contributed by atoms with van der Waals surface area (Å²) in [4.78, 5) is 31.9. The molecule has 134 valence electrons. The molecule has 25 heavy (non-hydrogen) atoms. The van der Waals surface area contributed by atoms with Gasteiger partial charge in [-0.25, -0.2) is 0 Å².